The number of benzene rings is 1. The first kappa shape index (κ1) is 19.5. The van der Waals surface area contributed by atoms with E-state index in [0.717, 1.165) is 26.2 Å². The number of hydrogen-bond donors (Lipinski definition) is 1. The van der Waals surface area contributed by atoms with E-state index in [1.165, 1.54) is 0 Å². The van der Waals surface area contributed by atoms with Crippen LogP contribution in [-0.4, -0.2) is 57.2 Å². The molecule has 1 unspecified atom stereocenters. The van der Waals surface area contributed by atoms with E-state index in [-0.39, 0.29) is 11.6 Å². The van der Waals surface area contributed by atoms with Crippen molar-refractivity contribution in [2.45, 2.75) is 19.9 Å². The SMILES string of the molecule is CCOc1ccccc1-n1c(C(C)N2CCN(N)CC2)nc2ncccc2c1=O. The number of fused-ring (bicyclic) bond motifs is 1. The monoisotopic (exact) mass is 394 g/mol. The zero-order valence-corrected chi connectivity index (χ0v) is 16.8. The number of piperazine rings is 1. The summed E-state index contributed by atoms with van der Waals surface area (Å²) in [5.41, 5.74) is 1.01. The highest BCUT2D eigenvalue weighted by molar-refractivity contribution is 5.74. The minimum Gasteiger partial charge on any atom is -0.492 e. The molecule has 1 aliphatic heterocycles. The molecule has 1 saturated heterocycles. The lowest BCUT2D eigenvalue weighted by atomic mass is 10.2. The molecule has 1 atom stereocenters. The van der Waals surface area contributed by atoms with Crippen LogP contribution in [0.2, 0.25) is 0 Å². The maximum Gasteiger partial charge on any atom is 0.267 e. The molecule has 2 N–H and O–H groups in total. The Kier molecular flexibility index (Phi) is 5.57. The number of aromatic nitrogens is 3. The van der Waals surface area contributed by atoms with Gasteiger partial charge in [0.05, 0.1) is 23.7 Å². The van der Waals surface area contributed by atoms with Crippen molar-refractivity contribution in [3.63, 3.8) is 0 Å². The van der Waals surface area contributed by atoms with E-state index in [4.69, 9.17) is 15.6 Å². The lowest BCUT2D eigenvalue weighted by Crippen LogP contribution is -2.50. The fraction of sp³-hybridized carbons (Fsp3) is 0.381. The molecule has 0 bridgehead atoms. The first-order valence-corrected chi connectivity index (χ1v) is 9.93. The molecule has 2 aromatic heterocycles. The topological polar surface area (TPSA) is 89.5 Å². The standard InChI is InChI=1S/C21H26N6O2/c1-3-29-18-9-5-4-8-17(18)27-20(15(2)25-11-13-26(22)14-12-25)24-19-16(21(27)28)7-6-10-23-19/h4-10,15H,3,11-14,22H2,1-2H3. The van der Waals surface area contributed by atoms with Gasteiger partial charge in [0.2, 0.25) is 0 Å². The maximum atomic E-state index is 13.5. The van der Waals surface area contributed by atoms with Gasteiger partial charge >= 0.3 is 0 Å². The molecule has 0 radical (unpaired) electrons. The van der Waals surface area contributed by atoms with Gasteiger partial charge in [0.15, 0.2) is 5.65 Å². The Morgan fingerprint density at radius 1 is 1.14 bits per heavy atom. The number of hydrazine groups is 1. The molecule has 3 aromatic rings. The third kappa shape index (κ3) is 3.74. The normalized spacial score (nSPS) is 16.8. The van der Waals surface area contributed by atoms with Crippen molar-refractivity contribution in [1.29, 1.82) is 0 Å². The molecule has 0 aliphatic carbocycles. The van der Waals surface area contributed by atoms with Gasteiger partial charge in [0, 0.05) is 32.4 Å². The average molecular weight is 394 g/mol. The minimum atomic E-state index is -0.144. The van der Waals surface area contributed by atoms with Crippen molar-refractivity contribution < 1.29 is 4.74 Å². The summed E-state index contributed by atoms with van der Waals surface area (Å²) in [4.78, 5) is 25.0. The van der Waals surface area contributed by atoms with Crippen LogP contribution in [0.1, 0.15) is 25.7 Å². The van der Waals surface area contributed by atoms with Crippen LogP contribution in [0.5, 0.6) is 5.75 Å². The van der Waals surface area contributed by atoms with Crippen LogP contribution in [0.3, 0.4) is 0 Å². The third-order valence-electron chi connectivity index (χ3n) is 5.35. The first-order chi connectivity index (χ1) is 14.1. The number of rotatable bonds is 5. The Morgan fingerprint density at radius 3 is 2.66 bits per heavy atom. The molecular weight excluding hydrogens is 368 g/mol. The third-order valence-corrected chi connectivity index (χ3v) is 5.35. The summed E-state index contributed by atoms with van der Waals surface area (Å²) < 4.78 is 7.49. The fourth-order valence-corrected chi connectivity index (χ4v) is 3.76. The first-order valence-electron chi connectivity index (χ1n) is 9.93. The highest BCUT2D eigenvalue weighted by Crippen LogP contribution is 2.27. The number of ether oxygens (including phenoxy) is 1. The summed E-state index contributed by atoms with van der Waals surface area (Å²) in [5, 5.41) is 2.30. The zero-order valence-electron chi connectivity index (χ0n) is 16.8. The molecule has 0 amide bonds. The van der Waals surface area contributed by atoms with Crippen molar-refractivity contribution >= 4 is 11.0 Å². The number of nitrogens with two attached hydrogens (primary N) is 1. The summed E-state index contributed by atoms with van der Waals surface area (Å²) in [7, 11) is 0. The van der Waals surface area contributed by atoms with Crippen molar-refractivity contribution in [2.24, 2.45) is 5.84 Å². The van der Waals surface area contributed by atoms with Crippen LogP contribution in [0, 0.1) is 0 Å². The van der Waals surface area contributed by atoms with Gasteiger partial charge in [-0.05, 0) is 38.1 Å². The fourth-order valence-electron chi connectivity index (χ4n) is 3.76. The summed E-state index contributed by atoms with van der Waals surface area (Å²) in [5.74, 6) is 7.22. The van der Waals surface area contributed by atoms with Gasteiger partial charge in [-0.1, -0.05) is 12.1 Å². The predicted molar refractivity (Wildman–Crippen MR) is 112 cm³/mol. The molecule has 1 aromatic carbocycles. The van der Waals surface area contributed by atoms with Crippen LogP contribution in [0.4, 0.5) is 0 Å². The van der Waals surface area contributed by atoms with Gasteiger partial charge < -0.3 is 4.74 Å². The number of pyridine rings is 1. The van der Waals surface area contributed by atoms with Crippen LogP contribution in [0.15, 0.2) is 47.4 Å². The van der Waals surface area contributed by atoms with E-state index in [0.29, 0.717) is 34.9 Å². The second-order valence-corrected chi connectivity index (χ2v) is 7.13. The summed E-state index contributed by atoms with van der Waals surface area (Å²) in [6.45, 7) is 7.67. The Hall–Kier alpha value is -2.81. The van der Waals surface area contributed by atoms with E-state index in [1.54, 1.807) is 22.9 Å². The van der Waals surface area contributed by atoms with Crippen molar-refractivity contribution in [2.75, 3.05) is 32.8 Å². The minimum absolute atomic E-state index is 0.0857. The summed E-state index contributed by atoms with van der Waals surface area (Å²) in [6.07, 6.45) is 1.66. The van der Waals surface area contributed by atoms with Gasteiger partial charge in [-0.3, -0.25) is 20.1 Å². The Morgan fingerprint density at radius 2 is 1.90 bits per heavy atom. The lowest BCUT2D eigenvalue weighted by molar-refractivity contribution is 0.0987. The molecule has 152 valence electrons. The van der Waals surface area contributed by atoms with Crippen molar-refractivity contribution in [1.82, 2.24) is 24.4 Å². The van der Waals surface area contributed by atoms with E-state index >= 15 is 0 Å². The lowest BCUT2D eigenvalue weighted by Gasteiger charge is -2.36. The molecule has 1 aliphatic rings. The predicted octanol–water partition coefficient (Wildman–Crippen LogP) is 1.73. The van der Waals surface area contributed by atoms with Crippen LogP contribution in [0.25, 0.3) is 16.7 Å². The quantitative estimate of drug-likeness (QED) is 0.659. The van der Waals surface area contributed by atoms with Crippen LogP contribution < -0.4 is 16.1 Å². The van der Waals surface area contributed by atoms with Crippen LogP contribution >= 0.6 is 0 Å². The molecule has 0 saturated carbocycles. The molecule has 4 rings (SSSR count). The highest BCUT2D eigenvalue weighted by Gasteiger charge is 2.26. The molecule has 0 spiro atoms. The Labute approximate surface area is 169 Å². The smallest absolute Gasteiger partial charge is 0.267 e. The van der Waals surface area contributed by atoms with Gasteiger partial charge in [0.1, 0.15) is 11.6 Å². The summed E-state index contributed by atoms with van der Waals surface area (Å²) in [6, 6.07) is 11.0. The number of hydrogen-bond acceptors (Lipinski definition) is 7. The average Bonchev–Trinajstić information content (AvgIpc) is 2.75. The Bertz CT molecular complexity index is 1060. The second-order valence-electron chi connectivity index (χ2n) is 7.13. The molecule has 1 fully saturated rings. The van der Waals surface area contributed by atoms with Gasteiger partial charge in [0.25, 0.3) is 5.56 Å². The van der Waals surface area contributed by atoms with Crippen molar-refractivity contribution in [3.8, 4) is 11.4 Å². The van der Waals surface area contributed by atoms with Crippen molar-refractivity contribution in [3.05, 3.63) is 58.8 Å². The van der Waals surface area contributed by atoms with E-state index in [2.05, 4.69) is 16.8 Å². The number of para-hydroxylation sites is 2. The highest BCUT2D eigenvalue weighted by atomic mass is 16.5. The van der Waals surface area contributed by atoms with E-state index < -0.39 is 0 Å². The largest absolute Gasteiger partial charge is 0.492 e. The van der Waals surface area contributed by atoms with Crippen LogP contribution in [-0.2, 0) is 0 Å². The van der Waals surface area contributed by atoms with Gasteiger partial charge in [-0.2, -0.15) is 0 Å². The Balaban J connectivity index is 1.91. The second kappa shape index (κ2) is 8.28. The summed E-state index contributed by atoms with van der Waals surface area (Å²) >= 11 is 0. The molecule has 3 heterocycles. The molecule has 8 nitrogen and oxygen atoms in total. The van der Waals surface area contributed by atoms with Gasteiger partial charge in [-0.15, -0.1) is 0 Å². The molecule has 29 heavy (non-hydrogen) atoms. The maximum absolute atomic E-state index is 13.5. The van der Waals surface area contributed by atoms with Gasteiger partial charge in [-0.25, -0.2) is 15.0 Å². The zero-order chi connectivity index (χ0) is 20.4. The molecular formula is C21H26N6O2. The molecule has 8 heteroatoms. The van der Waals surface area contributed by atoms with E-state index in [9.17, 15) is 4.79 Å². The van der Waals surface area contributed by atoms with E-state index in [1.807, 2.05) is 36.2 Å². The number of nitrogens with zero attached hydrogens (tertiary/aromatic N) is 5.